The van der Waals surface area contributed by atoms with Gasteiger partial charge in [0, 0.05) is 5.25 Å². The molecule has 1 fully saturated rings. The van der Waals surface area contributed by atoms with Crippen LogP contribution < -0.4 is 0 Å². The van der Waals surface area contributed by atoms with Gasteiger partial charge in [-0.3, -0.25) is 0 Å². The van der Waals surface area contributed by atoms with E-state index in [1.165, 1.54) is 6.42 Å². The highest BCUT2D eigenvalue weighted by atomic mass is 32.1. The van der Waals surface area contributed by atoms with Crippen LogP contribution in [0.25, 0.3) is 0 Å². The van der Waals surface area contributed by atoms with Crippen molar-refractivity contribution in [2.75, 3.05) is 0 Å². The number of allylic oxidation sites excluding steroid dienone is 1. The van der Waals surface area contributed by atoms with Crippen molar-refractivity contribution in [3.63, 3.8) is 0 Å². The van der Waals surface area contributed by atoms with Crippen LogP contribution >= 0.6 is 12.6 Å². The van der Waals surface area contributed by atoms with Crippen LogP contribution in [-0.2, 0) is 0 Å². The van der Waals surface area contributed by atoms with Crippen LogP contribution in [-0.4, -0.2) is 5.25 Å². The molecule has 1 saturated carbocycles. The van der Waals surface area contributed by atoms with E-state index in [2.05, 4.69) is 26.1 Å². The van der Waals surface area contributed by atoms with Crippen LogP contribution in [0.4, 0.5) is 0 Å². The number of thiol groups is 1. The minimum atomic E-state index is 0.590. The topological polar surface area (TPSA) is 0 Å². The lowest BCUT2D eigenvalue weighted by molar-refractivity contribution is 0.281. The van der Waals surface area contributed by atoms with E-state index in [1.807, 2.05) is 6.08 Å². The summed E-state index contributed by atoms with van der Waals surface area (Å²) in [4.78, 5) is 0. The molecule has 1 aliphatic rings. The van der Waals surface area contributed by atoms with Gasteiger partial charge in [-0.2, -0.15) is 12.6 Å². The van der Waals surface area contributed by atoms with Crippen molar-refractivity contribution in [3.8, 4) is 0 Å². The molecule has 1 heteroatoms. The average molecular weight is 128 g/mol. The molecule has 0 bridgehead atoms. The van der Waals surface area contributed by atoms with Gasteiger partial charge in [0.05, 0.1) is 0 Å². The average Bonchev–Trinajstić information content (AvgIpc) is 1.81. The molecule has 0 radical (unpaired) electrons. The van der Waals surface area contributed by atoms with Crippen LogP contribution in [0.15, 0.2) is 12.7 Å². The summed E-state index contributed by atoms with van der Waals surface area (Å²) in [7, 11) is 0. The van der Waals surface area contributed by atoms with Gasteiger partial charge in [-0.05, 0) is 18.3 Å². The fourth-order valence-corrected chi connectivity index (χ4v) is 1.54. The van der Waals surface area contributed by atoms with Gasteiger partial charge >= 0.3 is 0 Å². The third-order valence-corrected chi connectivity index (χ3v) is 2.86. The maximum Gasteiger partial charge on any atom is 0.0105 e. The summed E-state index contributed by atoms with van der Waals surface area (Å²) in [5.41, 5.74) is 0. The maximum atomic E-state index is 4.38. The zero-order valence-corrected chi connectivity index (χ0v) is 6.07. The molecule has 1 rings (SSSR count). The van der Waals surface area contributed by atoms with Crippen LogP contribution in [0.2, 0.25) is 0 Å². The van der Waals surface area contributed by atoms with E-state index in [0.717, 1.165) is 5.92 Å². The van der Waals surface area contributed by atoms with Crippen LogP contribution in [0.5, 0.6) is 0 Å². The van der Waals surface area contributed by atoms with Gasteiger partial charge in [-0.25, -0.2) is 0 Å². The molecule has 0 heterocycles. The highest BCUT2D eigenvalue weighted by Gasteiger charge is 2.32. The van der Waals surface area contributed by atoms with Crippen molar-refractivity contribution >= 4 is 12.6 Å². The van der Waals surface area contributed by atoms with E-state index in [-0.39, 0.29) is 0 Å². The van der Waals surface area contributed by atoms with E-state index < -0.39 is 0 Å². The summed E-state index contributed by atoms with van der Waals surface area (Å²) in [5, 5.41) is 0.590. The standard InChI is InChI=1S/C7H12S/c1-3-6-4-5(2)7(6)8/h3,5-8H,1,4H2,2H3/t5-,6?,7?/m0/s1. The molecule has 46 valence electrons. The molecule has 1 aliphatic carbocycles. The zero-order valence-electron chi connectivity index (χ0n) is 5.17. The smallest absolute Gasteiger partial charge is 0.0105 e. The Morgan fingerprint density at radius 1 is 1.75 bits per heavy atom. The second kappa shape index (κ2) is 2.14. The first-order valence-corrected chi connectivity index (χ1v) is 3.58. The number of rotatable bonds is 1. The van der Waals surface area contributed by atoms with Crippen LogP contribution in [0.3, 0.4) is 0 Å². The van der Waals surface area contributed by atoms with Gasteiger partial charge in [0.25, 0.3) is 0 Å². The molecular weight excluding hydrogens is 116 g/mol. The van der Waals surface area contributed by atoms with Crippen molar-refractivity contribution < 1.29 is 0 Å². The summed E-state index contributed by atoms with van der Waals surface area (Å²) in [6.07, 6.45) is 3.30. The Balaban J connectivity index is 2.35. The molecule has 0 nitrogen and oxygen atoms in total. The molecule has 0 spiro atoms. The highest BCUT2D eigenvalue weighted by molar-refractivity contribution is 7.81. The first-order valence-electron chi connectivity index (χ1n) is 3.06. The molecule has 8 heavy (non-hydrogen) atoms. The molecule has 0 aromatic rings. The molecule has 2 unspecified atom stereocenters. The van der Waals surface area contributed by atoms with E-state index in [4.69, 9.17) is 0 Å². The van der Waals surface area contributed by atoms with E-state index >= 15 is 0 Å². The quantitative estimate of drug-likeness (QED) is 0.406. The first-order chi connectivity index (χ1) is 3.75. The third-order valence-electron chi connectivity index (χ3n) is 1.97. The molecule has 3 atom stereocenters. The van der Waals surface area contributed by atoms with Crippen molar-refractivity contribution in [1.29, 1.82) is 0 Å². The zero-order chi connectivity index (χ0) is 6.15. The maximum absolute atomic E-state index is 4.38. The van der Waals surface area contributed by atoms with Crippen molar-refractivity contribution in [2.24, 2.45) is 11.8 Å². The number of hydrogen-bond acceptors (Lipinski definition) is 1. The van der Waals surface area contributed by atoms with Gasteiger partial charge < -0.3 is 0 Å². The Morgan fingerprint density at radius 2 is 2.38 bits per heavy atom. The summed E-state index contributed by atoms with van der Waals surface area (Å²) >= 11 is 4.38. The van der Waals surface area contributed by atoms with Crippen LogP contribution in [0, 0.1) is 11.8 Å². The summed E-state index contributed by atoms with van der Waals surface area (Å²) in [6, 6.07) is 0. The van der Waals surface area contributed by atoms with Gasteiger partial charge in [-0.15, -0.1) is 6.58 Å². The van der Waals surface area contributed by atoms with Crippen molar-refractivity contribution in [3.05, 3.63) is 12.7 Å². The first kappa shape index (κ1) is 6.21. The summed E-state index contributed by atoms with van der Waals surface area (Å²) in [6.45, 7) is 5.95. The lowest BCUT2D eigenvalue weighted by Crippen LogP contribution is -2.34. The summed E-state index contributed by atoms with van der Waals surface area (Å²) in [5.74, 6) is 1.50. The largest absolute Gasteiger partial charge is 0.175 e. The predicted molar refractivity (Wildman–Crippen MR) is 40.2 cm³/mol. The minimum absolute atomic E-state index is 0.590. The fourth-order valence-electron chi connectivity index (χ4n) is 1.17. The monoisotopic (exact) mass is 128 g/mol. The van der Waals surface area contributed by atoms with Gasteiger partial charge in [0.1, 0.15) is 0 Å². The highest BCUT2D eigenvalue weighted by Crippen LogP contribution is 2.38. The molecular formula is C7H12S. The second-order valence-electron chi connectivity index (χ2n) is 2.60. The number of hydrogen-bond donors (Lipinski definition) is 1. The lowest BCUT2D eigenvalue weighted by atomic mass is 9.75. The Morgan fingerprint density at radius 3 is 2.50 bits per heavy atom. The molecule has 0 aromatic carbocycles. The third kappa shape index (κ3) is 0.795. The molecule has 0 aromatic heterocycles. The van der Waals surface area contributed by atoms with E-state index in [1.54, 1.807) is 0 Å². The van der Waals surface area contributed by atoms with E-state index in [9.17, 15) is 0 Å². The lowest BCUT2D eigenvalue weighted by Gasteiger charge is -2.37. The van der Waals surface area contributed by atoms with E-state index in [0.29, 0.717) is 11.2 Å². The normalized spacial score (nSPS) is 45.5. The van der Waals surface area contributed by atoms with Crippen molar-refractivity contribution in [1.82, 2.24) is 0 Å². The summed E-state index contributed by atoms with van der Waals surface area (Å²) < 4.78 is 0. The van der Waals surface area contributed by atoms with Crippen LogP contribution in [0.1, 0.15) is 13.3 Å². The van der Waals surface area contributed by atoms with Gasteiger partial charge in [0.15, 0.2) is 0 Å². The Kier molecular flexibility index (Phi) is 1.66. The molecule has 0 saturated heterocycles. The van der Waals surface area contributed by atoms with Gasteiger partial charge in [-0.1, -0.05) is 13.0 Å². The minimum Gasteiger partial charge on any atom is -0.175 e. The predicted octanol–water partition coefficient (Wildman–Crippen LogP) is 2.13. The molecule has 0 aliphatic heterocycles. The Hall–Kier alpha value is 0.0900. The fraction of sp³-hybridized carbons (Fsp3) is 0.714. The second-order valence-corrected chi connectivity index (χ2v) is 3.20. The molecule has 0 N–H and O–H groups in total. The molecule has 0 amide bonds. The van der Waals surface area contributed by atoms with Gasteiger partial charge in [0.2, 0.25) is 0 Å². The van der Waals surface area contributed by atoms with Crippen molar-refractivity contribution in [2.45, 2.75) is 18.6 Å². The SMILES string of the molecule is C=CC1C[C@H](C)C1S. The Labute approximate surface area is 56.4 Å². The Bertz CT molecular complexity index is 98.6.